The zero-order valence-corrected chi connectivity index (χ0v) is 14.8. The number of rotatable bonds is 14. The van der Waals surface area contributed by atoms with Crippen molar-refractivity contribution in [3.63, 3.8) is 0 Å². The van der Waals surface area contributed by atoms with Crippen LogP contribution in [0, 0.1) is 0 Å². The summed E-state index contributed by atoms with van der Waals surface area (Å²) in [6, 6.07) is 0. The fourth-order valence-electron chi connectivity index (χ4n) is 2.74. The van der Waals surface area contributed by atoms with E-state index in [0.717, 1.165) is 32.1 Å². The van der Waals surface area contributed by atoms with Gasteiger partial charge in [0.1, 0.15) is 6.10 Å². The van der Waals surface area contributed by atoms with Crippen LogP contribution in [0.4, 0.5) is 0 Å². The van der Waals surface area contributed by atoms with Gasteiger partial charge in [-0.05, 0) is 19.3 Å². The molecule has 0 amide bonds. The molecule has 134 valence electrons. The first-order chi connectivity index (χ1) is 11.2. The van der Waals surface area contributed by atoms with Crippen molar-refractivity contribution in [2.45, 2.75) is 95.9 Å². The number of methoxy groups -OCH3 is 1. The van der Waals surface area contributed by atoms with E-state index in [4.69, 9.17) is 4.74 Å². The predicted molar refractivity (Wildman–Crippen MR) is 92.3 cm³/mol. The fraction of sp³-hybridized carbons (Fsp3) is 0.842. The van der Waals surface area contributed by atoms with E-state index in [9.17, 15) is 9.90 Å². The standard InChI is InChI=1S/C19H34O4/c1-3-4-8-11-16(20)14-15-18-17(23-18)12-9-6-5-7-10-13-19(21)22-2/h14-18,20H,3-13H2,1-2H3/b15-14+/t16-,17-,18-/m1/s1. The number of unbranched alkanes of at least 4 members (excludes halogenated alkanes) is 6. The normalized spacial score (nSPS) is 21.5. The summed E-state index contributed by atoms with van der Waals surface area (Å²) >= 11 is 0. The Labute approximate surface area is 141 Å². The molecule has 1 aliphatic heterocycles. The van der Waals surface area contributed by atoms with Crippen LogP contribution in [0.3, 0.4) is 0 Å². The molecule has 1 heterocycles. The van der Waals surface area contributed by atoms with Crippen molar-refractivity contribution in [3.05, 3.63) is 12.2 Å². The molecule has 4 heteroatoms. The molecule has 1 fully saturated rings. The summed E-state index contributed by atoms with van der Waals surface area (Å²) in [5.74, 6) is -0.108. The number of aliphatic hydroxyl groups excluding tert-OH is 1. The lowest BCUT2D eigenvalue weighted by atomic mass is 10.1. The molecule has 0 saturated carbocycles. The lowest BCUT2D eigenvalue weighted by Crippen LogP contribution is -2.02. The third-order valence-electron chi connectivity index (χ3n) is 4.35. The van der Waals surface area contributed by atoms with Crippen molar-refractivity contribution in [3.8, 4) is 0 Å². The second kappa shape index (κ2) is 12.5. The monoisotopic (exact) mass is 326 g/mol. The van der Waals surface area contributed by atoms with Crippen molar-refractivity contribution >= 4 is 5.97 Å². The molecule has 0 unspecified atom stereocenters. The Hall–Kier alpha value is -0.870. The van der Waals surface area contributed by atoms with E-state index in [1.807, 2.05) is 12.2 Å². The van der Waals surface area contributed by atoms with Gasteiger partial charge in [0.25, 0.3) is 0 Å². The smallest absolute Gasteiger partial charge is 0.305 e. The Bertz CT molecular complexity index is 340. The fourth-order valence-corrected chi connectivity index (χ4v) is 2.74. The molecule has 0 aromatic rings. The zero-order chi connectivity index (χ0) is 16.9. The molecule has 1 aliphatic rings. The van der Waals surface area contributed by atoms with Crippen LogP contribution >= 0.6 is 0 Å². The van der Waals surface area contributed by atoms with E-state index in [1.165, 1.54) is 39.2 Å². The topological polar surface area (TPSA) is 59.1 Å². The molecule has 0 aromatic carbocycles. The first-order valence-corrected chi connectivity index (χ1v) is 9.26. The number of aliphatic hydroxyl groups is 1. The van der Waals surface area contributed by atoms with Gasteiger partial charge in [0.05, 0.1) is 19.3 Å². The van der Waals surface area contributed by atoms with E-state index in [1.54, 1.807) is 0 Å². The van der Waals surface area contributed by atoms with Crippen LogP contribution in [0.2, 0.25) is 0 Å². The molecule has 23 heavy (non-hydrogen) atoms. The lowest BCUT2D eigenvalue weighted by Gasteiger charge is -2.03. The molecular weight excluding hydrogens is 292 g/mol. The minimum Gasteiger partial charge on any atom is -0.469 e. The summed E-state index contributed by atoms with van der Waals surface area (Å²) in [6.45, 7) is 2.17. The molecule has 1 rings (SSSR count). The maximum absolute atomic E-state index is 11.0. The summed E-state index contributed by atoms with van der Waals surface area (Å²) in [6.07, 6.45) is 15.7. The second-order valence-electron chi connectivity index (χ2n) is 6.47. The highest BCUT2D eigenvalue weighted by molar-refractivity contribution is 5.68. The van der Waals surface area contributed by atoms with Gasteiger partial charge in [0.2, 0.25) is 0 Å². The molecule has 0 radical (unpaired) electrons. The molecule has 1 saturated heterocycles. The van der Waals surface area contributed by atoms with Crippen LogP contribution in [-0.4, -0.2) is 36.5 Å². The Morgan fingerprint density at radius 1 is 1.17 bits per heavy atom. The first kappa shape index (κ1) is 20.2. The second-order valence-corrected chi connectivity index (χ2v) is 6.47. The van der Waals surface area contributed by atoms with Crippen LogP contribution in [-0.2, 0) is 14.3 Å². The maximum Gasteiger partial charge on any atom is 0.305 e. The molecule has 0 aliphatic carbocycles. The molecule has 1 N–H and O–H groups in total. The number of carbonyl (C=O) groups excluding carboxylic acids is 1. The SMILES string of the molecule is CCCCC[C@@H](O)/C=C/[C@H]1O[C@@H]1CCCCCCCC(=O)OC. The van der Waals surface area contributed by atoms with E-state index in [2.05, 4.69) is 11.7 Å². The van der Waals surface area contributed by atoms with E-state index in [0.29, 0.717) is 12.5 Å². The molecule has 0 aromatic heterocycles. The van der Waals surface area contributed by atoms with Gasteiger partial charge in [0.15, 0.2) is 0 Å². The lowest BCUT2D eigenvalue weighted by molar-refractivity contribution is -0.140. The van der Waals surface area contributed by atoms with Gasteiger partial charge in [-0.15, -0.1) is 0 Å². The van der Waals surface area contributed by atoms with E-state index in [-0.39, 0.29) is 18.2 Å². The van der Waals surface area contributed by atoms with E-state index < -0.39 is 0 Å². The first-order valence-electron chi connectivity index (χ1n) is 9.26. The Kier molecular flexibility index (Phi) is 11.0. The summed E-state index contributed by atoms with van der Waals surface area (Å²) in [5.41, 5.74) is 0. The van der Waals surface area contributed by atoms with Gasteiger partial charge in [0, 0.05) is 6.42 Å². The average molecular weight is 326 g/mol. The molecule has 0 bridgehead atoms. The third kappa shape index (κ3) is 10.5. The maximum atomic E-state index is 11.0. The molecular formula is C19H34O4. The van der Waals surface area contributed by atoms with E-state index >= 15 is 0 Å². The van der Waals surface area contributed by atoms with Crippen molar-refractivity contribution in [1.29, 1.82) is 0 Å². The number of epoxide rings is 1. The van der Waals surface area contributed by atoms with Gasteiger partial charge in [-0.3, -0.25) is 4.79 Å². The van der Waals surface area contributed by atoms with Crippen molar-refractivity contribution < 1.29 is 19.4 Å². The number of carbonyl (C=O) groups is 1. The molecule has 3 atom stereocenters. The van der Waals surface area contributed by atoms with Gasteiger partial charge < -0.3 is 14.6 Å². The van der Waals surface area contributed by atoms with Crippen molar-refractivity contribution in [2.75, 3.05) is 7.11 Å². The van der Waals surface area contributed by atoms with Crippen LogP contribution in [0.25, 0.3) is 0 Å². The van der Waals surface area contributed by atoms with Crippen molar-refractivity contribution in [2.24, 2.45) is 0 Å². The van der Waals surface area contributed by atoms with Gasteiger partial charge in [-0.25, -0.2) is 0 Å². The number of ether oxygens (including phenoxy) is 2. The average Bonchev–Trinajstić information content (AvgIpc) is 3.30. The van der Waals surface area contributed by atoms with Gasteiger partial charge in [-0.2, -0.15) is 0 Å². The van der Waals surface area contributed by atoms with Crippen LogP contribution in [0.15, 0.2) is 12.2 Å². The van der Waals surface area contributed by atoms with Crippen LogP contribution < -0.4 is 0 Å². The predicted octanol–water partition coefficient (Wildman–Crippen LogP) is 4.15. The van der Waals surface area contributed by atoms with Gasteiger partial charge >= 0.3 is 5.97 Å². The summed E-state index contributed by atoms with van der Waals surface area (Å²) in [7, 11) is 1.44. The quantitative estimate of drug-likeness (QED) is 0.225. The number of esters is 1. The largest absolute Gasteiger partial charge is 0.469 e. The molecule has 4 nitrogen and oxygen atoms in total. The summed E-state index contributed by atoms with van der Waals surface area (Å²) in [4.78, 5) is 11.0. The Morgan fingerprint density at radius 2 is 1.91 bits per heavy atom. The highest BCUT2D eigenvalue weighted by Gasteiger charge is 2.35. The summed E-state index contributed by atoms with van der Waals surface area (Å²) in [5, 5.41) is 9.82. The highest BCUT2D eigenvalue weighted by atomic mass is 16.6. The Balaban J connectivity index is 1.91. The Morgan fingerprint density at radius 3 is 2.65 bits per heavy atom. The zero-order valence-electron chi connectivity index (χ0n) is 14.8. The van der Waals surface area contributed by atoms with Crippen LogP contribution in [0.1, 0.15) is 77.6 Å². The minimum absolute atomic E-state index is 0.108. The minimum atomic E-state index is -0.318. The summed E-state index contributed by atoms with van der Waals surface area (Å²) < 4.78 is 10.2. The van der Waals surface area contributed by atoms with Crippen molar-refractivity contribution in [1.82, 2.24) is 0 Å². The molecule has 0 spiro atoms. The van der Waals surface area contributed by atoms with Gasteiger partial charge in [-0.1, -0.05) is 64.0 Å². The highest BCUT2D eigenvalue weighted by Crippen LogP contribution is 2.29. The number of hydrogen-bond donors (Lipinski definition) is 1. The van der Waals surface area contributed by atoms with Crippen LogP contribution in [0.5, 0.6) is 0 Å². The number of hydrogen-bond acceptors (Lipinski definition) is 4. The third-order valence-corrected chi connectivity index (χ3v) is 4.35.